The van der Waals surface area contributed by atoms with Gasteiger partial charge in [-0.1, -0.05) is 35.0 Å². The molecule has 0 saturated heterocycles. The summed E-state index contributed by atoms with van der Waals surface area (Å²) in [7, 11) is 0. The molecule has 0 radical (unpaired) electrons. The Hall–Kier alpha value is -1.20. The summed E-state index contributed by atoms with van der Waals surface area (Å²) in [6, 6.07) is 7.24. The Bertz CT molecular complexity index is 458. The SMILES string of the molecule is CCC1=NN(C=O)C(O)(c2ccc(Br)cc2)C1. The monoisotopic (exact) mass is 296 g/mol. The molecule has 0 aliphatic carbocycles. The summed E-state index contributed by atoms with van der Waals surface area (Å²) in [4.78, 5) is 11.0. The Labute approximate surface area is 108 Å². The second kappa shape index (κ2) is 4.58. The van der Waals surface area contributed by atoms with Crippen molar-refractivity contribution in [3.63, 3.8) is 0 Å². The van der Waals surface area contributed by atoms with Crippen molar-refractivity contribution in [1.29, 1.82) is 0 Å². The number of carbonyl (C=O) groups is 1. The van der Waals surface area contributed by atoms with Crippen molar-refractivity contribution in [3.8, 4) is 0 Å². The normalized spacial score (nSPS) is 23.7. The van der Waals surface area contributed by atoms with Crippen molar-refractivity contribution >= 4 is 28.1 Å². The molecule has 4 nitrogen and oxygen atoms in total. The van der Waals surface area contributed by atoms with Gasteiger partial charge in [0, 0.05) is 22.2 Å². The number of nitrogens with zero attached hydrogens (tertiary/aromatic N) is 2. The Balaban J connectivity index is 2.36. The van der Waals surface area contributed by atoms with Gasteiger partial charge in [-0.05, 0) is 18.6 Å². The second-order valence-corrected chi connectivity index (χ2v) is 4.89. The van der Waals surface area contributed by atoms with Crippen LogP contribution in [0.2, 0.25) is 0 Å². The average Bonchev–Trinajstić information content (AvgIpc) is 2.68. The summed E-state index contributed by atoms with van der Waals surface area (Å²) < 4.78 is 0.928. The first kappa shape index (κ1) is 12.3. The first-order valence-electron chi connectivity index (χ1n) is 5.39. The quantitative estimate of drug-likeness (QED) is 0.870. The smallest absolute Gasteiger partial charge is 0.232 e. The van der Waals surface area contributed by atoms with E-state index in [1.54, 1.807) is 12.1 Å². The maximum absolute atomic E-state index is 11.0. The van der Waals surface area contributed by atoms with E-state index < -0.39 is 5.72 Å². The number of aliphatic hydroxyl groups is 1. The predicted octanol–water partition coefficient (Wildman–Crippen LogP) is 2.22. The van der Waals surface area contributed by atoms with Gasteiger partial charge in [0.15, 0.2) is 5.72 Å². The van der Waals surface area contributed by atoms with Crippen molar-refractivity contribution in [2.75, 3.05) is 0 Å². The number of benzene rings is 1. The van der Waals surface area contributed by atoms with Gasteiger partial charge in [-0.25, -0.2) is 0 Å². The van der Waals surface area contributed by atoms with E-state index in [9.17, 15) is 9.90 Å². The third-order valence-electron chi connectivity index (χ3n) is 2.89. The molecule has 1 atom stereocenters. The molecule has 1 aromatic carbocycles. The summed E-state index contributed by atoms with van der Waals surface area (Å²) in [6.45, 7) is 1.95. The van der Waals surface area contributed by atoms with Gasteiger partial charge in [-0.15, -0.1) is 0 Å². The van der Waals surface area contributed by atoms with E-state index in [2.05, 4.69) is 21.0 Å². The fourth-order valence-corrected chi connectivity index (χ4v) is 2.16. The van der Waals surface area contributed by atoms with Gasteiger partial charge in [0.2, 0.25) is 6.41 Å². The average molecular weight is 297 g/mol. The first-order valence-corrected chi connectivity index (χ1v) is 6.19. The van der Waals surface area contributed by atoms with Crippen molar-refractivity contribution in [2.45, 2.75) is 25.5 Å². The standard InChI is InChI=1S/C12H13BrN2O2/c1-2-11-7-12(17,15(8-16)14-11)9-3-5-10(13)6-4-9/h3-6,8,17H,2,7H2,1H3. The van der Waals surface area contributed by atoms with Crippen LogP contribution in [0.25, 0.3) is 0 Å². The molecule has 1 amide bonds. The van der Waals surface area contributed by atoms with Gasteiger partial charge in [0.25, 0.3) is 0 Å². The molecular formula is C12H13BrN2O2. The van der Waals surface area contributed by atoms with Crippen LogP contribution in [0.5, 0.6) is 0 Å². The Morgan fingerprint density at radius 1 is 1.53 bits per heavy atom. The lowest BCUT2D eigenvalue weighted by atomic mass is 9.97. The molecule has 1 heterocycles. The first-order chi connectivity index (χ1) is 8.10. The molecule has 1 aliphatic heterocycles. The minimum Gasteiger partial charge on any atom is -0.365 e. The third-order valence-corrected chi connectivity index (χ3v) is 3.42. The zero-order valence-corrected chi connectivity index (χ0v) is 11.0. The van der Waals surface area contributed by atoms with Crippen LogP contribution in [0.3, 0.4) is 0 Å². The Morgan fingerprint density at radius 2 is 2.18 bits per heavy atom. The van der Waals surface area contributed by atoms with Crippen molar-refractivity contribution < 1.29 is 9.90 Å². The van der Waals surface area contributed by atoms with Crippen molar-refractivity contribution in [1.82, 2.24) is 5.01 Å². The summed E-state index contributed by atoms with van der Waals surface area (Å²) in [6.07, 6.45) is 1.65. The van der Waals surface area contributed by atoms with Gasteiger partial charge in [0.1, 0.15) is 0 Å². The number of amides is 1. The number of halogens is 1. The van der Waals surface area contributed by atoms with E-state index >= 15 is 0 Å². The van der Waals surface area contributed by atoms with Crippen LogP contribution in [0, 0.1) is 0 Å². The summed E-state index contributed by atoms with van der Waals surface area (Å²) in [5, 5.41) is 15.8. The highest BCUT2D eigenvalue weighted by Crippen LogP contribution is 2.35. The highest BCUT2D eigenvalue weighted by molar-refractivity contribution is 9.10. The summed E-state index contributed by atoms with van der Waals surface area (Å²) in [5.74, 6) is 0. The lowest BCUT2D eigenvalue weighted by Gasteiger charge is -2.28. The van der Waals surface area contributed by atoms with Crippen LogP contribution in [0.15, 0.2) is 33.8 Å². The number of carbonyl (C=O) groups excluding carboxylic acids is 1. The van der Waals surface area contributed by atoms with Gasteiger partial charge >= 0.3 is 0 Å². The van der Waals surface area contributed by atoms with Gasteiger partial charge in [-0.3, -0.25) is 4.79 Å². The molecule has 0 spiro atoms. The van der Waals surface area contributed by atoms with Gasteiger partial charge < -0.3 is 5.11 Å². The zero-order chi connectivity index (χ0) is 12.5. The maximum atomic E-state index is 11.0. The van der Waals surface area contributed by atoms with E-state index in [0.29, 0.717) is 18.4 Å². The highest BCUT2D eigenvalue weighted by Gasteiger charge is 2.41. The van der Waals surface area contributed by atoms with Crippen molar-refractivity contribution in [2.24, 2.45) is 5.10 Å². The zero-order valence-electron chi connectivity index (χ0n) is 9.43. The molecule has 1 N–H and O–H groups in total. The molecule has 5 heteroatoms. The Morgan fingerprint density at radius 3 is 2.71 bits per heavy atom. The molecule has 0 fully saturated rings. The minimum atomic E-state index is -1.34. The predicted molar refractivity (Wildman–Crippen MR) is 68.3 cm³/mol. The molecule has 17 heavy (non-hydrogen) atoms. The molecule has 1 aromatic rings. The van der Waals surface area contributed by atoms with Crippen LogP contribution in [-0.2, 0) is 10.5 Å². The maximum Gasteiger partial charge on any atom is 0.232 e. The molecule has 90 valence electrons. The number of hydrogen-bond donors (Lipinski definition) is 1. The lowest BCUT2D eigenvalue weighted by molar-refractivity contribution is -0.143. The lowest BCUT2D eigenvalue weighted by Crippen LogP contribution is -2.38. The van der Waals surface area contributed by atoms with E-state index in [4.69, 9.17) is 0 Å². The minimum absolute atomic E-state index is 0.365. The molecule has 0 saturated carbocycles. The number of hydrogen-bond acceptors (Lipinski definition) is 3. The van der Waals surface area contributed by atoms with E-state index in [1.807, 2.05) is 19.1 Å². The summed E-state index contributed by atoms with van der Waals surface area (Å²) >= 11 is 3.34. The number of rotatable bonds is 3. The third kappa shape index (κ3) is 2.12. The largest absolute Gasteiger partial charge is 0.365 e. The topological polar surface area (TPSA) is 52.9 Å². The molecule has 0 aromatic heterocycles. The highest BCUT2D eigenvalue weighted by atomic mass is 79.9. The van der Waals surface area contributed by atoms with E-state index in [-0.39, 0.29) is 0 Å². The van der Waals surface area contributed by atoms with Gasteiger partial charge in [-0.2, -0.15) is 10.1 Å². The van der Waals surface area contributed by atoms with Crippen LogP contribution >= 0.6 is 15.9 Å². The fourth-order valence-electron chi connectivity index (χ4n) is 1.89. The second-order valence-electron chi connectivity index (χ2n) is 3.97. The van der Waals surface area contributed by atoms with E-state index in [0.717, 1.165) is 21.6 Å². The van der Waals surface area contributed by atoms with Crippen LogP contribution in [0.1, 0.15) is 25.3 Å². The van der Waals surface area contributed by atoms with Crippen LogP contribution in [0.4, 0.5) is 0 Å². The molecule has 1 aliphatic rings. The Kier molecular flexibility index (Phi) is 3.31. The van der Waals surface area contributed by atoms with Crippen molar-refractivity contribution in [3.05, 3.63) is 34.3 Å². The molecule has 0 bridgehead atoms. The van der Waals surface area contributed by atoms with Crippen LogP contribution in [-0.4, -0.2) is 22.2 Å². The summed E-state index contributed by atoms with van der Waals surface area (Å²) in [5.41, 5.74) is 0.149. The van der Waals surface area contributed by atoms with E-state index in [1.165, 1.54) is 0 Å². The number of hydrazone groups is 1. The molecule has 2 rings (SSSR count). The van der Waals surface area contributed by atoms with Crippen LogP contribution < -0.4 is 0 Å². The molecule has 1 unspecified atom stereocenters. The molecular weight excluding hydrogens is 284 g/mol. The fraction of sp³-hybridized carbons (Fsp3) is 0.333. The van der Waals surface area contributed by atoms with Gasteiger partial charge in [0.05, 0.1) is 0 Å².